The lowest BCUT2D eigenvalue weighted by Gasteiger charge is -2.35. The maximum absolute atomic E-state index is 13.1. The highest BCUT2D eigenvalue weighted by atomic mass is 35.5. The van der Waals surface area contributed by atoms with E-state index in [1.807, 2.05) is 42.5 Å². The molecule has 2 aromatic rings. The van der Waals surface area contributed by atoms with Gasteiger partial charge in [-0.1, -0.05) is 35.9 Å². The van der Waals surface area contributed by atoms with Crippen LogP contribution >= 0.6 is 11.6 Å². The highest BCUT2D eigenvalue weighted by Crippen LogP contribution is 2.28. The standard InChI is InChI=1S/C23H27ClN4O2/c1-30-22-9-3-2-8-21(22)28(11-5-10-25)23(29)18-27-14-12-26(13-15-27)17-19-6-4-7-20(24)16-19/h2-4,6-9,16H,5,11-15,17-18H2,1H3. The molecule has 7 heteroatoms. The number of hydrogen-bond donors (Lipinski definition) is 0. The topological polar surface area (TPSA) is 59.8 Å². The third kappa shape index (κ3) is 5.96. The summed E-state index contributed by atoms with van der Waals surface area (Å²) < 4.78 is 5.42. The Labute approximate surface area is 183 Å². The molecule has 2 aromatic carbocycles. The summed E-state index contributed by atoms with van der Waals surface area (Å²) in [5.74, 6) is 0.619. The number of methoxy groups -OCH3 is 1. The number of piperazine rings is 1. The summed E-state index contributed by atoms with van der Waals surface area (Å²) in [5.41, 5.74) is 1.91. The number of amides is 1. The molecular formula is C23H27ClN4O2. The first-order valence-corrected chi connectivity index (χ1v) is 10.5. The minimum Gasteiger partial charge on any atom is -0.495 e. The minimum atomic E-state index is -0.0157. The second-order valence-corrected chi connectivity index (χ2v) is 7.74. The number of benzene rings is 2. The van der Waals surface area contributed by atoms with Gasteiger partial charge < -0.3 is 9.64 Å². The van der Waals surface area contributed by atoms with Crippen LogP contribution in [-0.4, -0.2) is 62.1 Å². The van der Waals surface area contributed by atoms with Crippen molar-refractivity contribution in [3.63, 3.8) is 0 Å². The molecule has 1 aliphatic heterocycles. The van der Waals surface area contributed by atoms with Crippen molar-refractivity contribution in [1.29, 1.82) is 5.26 Å². The number of halogens is 1. The van der Waals surface area contributed by atoms with Gasteiger partial charge in [-0.25, -0.2) is 0 Å². The van der Waals surface area contributed by atoms with Crippen LogP contribution < -0.4 is 9.64 Å². The van der Waals surface area contributed by atoms with Crippen LogP contribution in [0.1, 0.15) is 12.0 Å². The van der Waals surface area contributed by atoms with Crippen molar-refractivity contribution in [3.8, 4) is 11.8 Å². The summed E-state index contributed by atoms with van der Waals surface area (Å²) in [6, 6.07) is 17.5. The number of nitrogens with zero attached hydrogens (tertiary/aromatic N) is 4. The van der Waals surface area contributed by atoms with Gasteiger partial charge in [-0.05, 0) is 29.8 Å². The Kier molecular flexibility index (Phi) is 8.09. The second kappa shape index (κ2) is 11.0. The Hall–Kier alpha value is -2.59. The van der Waals surface area contributed by atoms with E-state index < -0.39 is 0 Å². The van der Waals surface area contributed by atoms with Gasteiger partial charge in [0.25, 0.3) is 0 Å². The summed E-state index contributed by atoms with van der Waals surface area (Å²) in [5, 5.41) is 9.77. The zero-order valence-electron chi connectivity index (χ0n) is 17.3. The number of carbonyl (C=O) groups is 1. The molecular weight excluding hydrogens is 400 g/mol. The van der Waals surface area contributed by atoms with E-state index in [0.717, 1.165) is 37.7 Å². The Morgan fingerprint density at radius 1 is 1.13 bits per heavy atom. The molecule has 0 saturated carbocycles. The van der Waals surface area contributed by atoms with E-state index in [1.54, 1.807) is 12.0 Å². The molecule has 1 amide bonds. The molecule has 1 saturated heterocycles. The molecule has 1 heterocycles. The lowest BCUT2D eigenvalue weighted by atomic mass is 10.2. The third-order valence-corrected chi connectivity index (χ3v) is 5.48. The van der Waals surface area contributed by atoms with Crippen molar-refractivity contribution in [1.82, 2.24) is 9.80 Å². The zero-order chi connectivity index (χ0) is 21.3. The van der Waals surface area contributed by atoms with Crippen LogP contribution in [0.5, 0.6) is 5.75 Å². The summed E-state index contributed by atoms with van der Waals surface area (Å²) in [7, 11) is 1.59. The molecule has 0 radical (unpaired) electrons. The summed E-state index contributed by atoms with van der Waals surface area (Å²) in [4.78, 5) is 19.3. The van der Waals surface area contributed by atoms with E-state index in [4.69, 9.17) is 21.6 Å². The van der Waals surface area contributed by atoms with Crippen LogP contribution in [-0.2, 0) is 11.3 Å². The van der Waals surface area contributed by atoms with Gasteiger partial charge in [0, 0.05) is 44.3 Å². The lowest BCUT2D eigenvalue weighted by Crippen LogP contribution is -2.50. The van der Waals surface area contributed by atoms with Gasteiger partial charge in [0.05, 0.1) is 31.8 Å². The van der Waals surface area contributed by atoms with Crippen molar-refractivity contribution in [2.24, 2.45) is 0 Å². The van der Waals surface area contributed by atoms with E-state index >= 15 is 0 Å². The van der Waals surface area contributed by atoms with Gasteiger partial charge in [-0.2, -0.15) is 5.26 Å². The quantitative estimate of drug-likeness (QED) is 0.647. The largest absolute Gasteiger partial charge is 0.495 e. The first kappa shape index (κ1) is 22.1. The monoisotopic (exact) mass is 426 g/mol. The van der Waals surface area contributed by atoms with Gasteiger partial charge >= 0.3 is 0 Å². The molecule has 0 atom stereocenters. The molecule has 6 nitrogen and oxygen atoms in total. The van der Waals surface area contributed by atoms with Crippen LogP contribution in [0.25, 0.3) is 0 Å². The zero-order valence-corrected chi connectivity index (χ0v) is 18.0. The van der Waals surface area contributed by atoms with Crippen LogP contribution in [0.15, 0.2) is 48.5 Å². The Morgan fingerprint density at radius 2 is 1.87 bits per heavy atom. The molecule has 0 unspecified atom stereocenters. The fourth-order valence-electron chi connectivity index (χ4n) is 3.67. The van der Waals surface area contributed by atoms with Crippen molar-refractivity contribution in [2.75, 3.05) is 51.3 Å². The van der Waals surface area contributed by atoms with Gasteiger partial charge in [0.1, 0.15) is 5.75 Å². The molecule has 30 heavy (non-hydrogen) atoms. The first-order valence-electron chi connectivity index (χ1n) is 10.1. The van der Waals surface area contributed by atoms with E-state index in [0.29, 0.717) is 24.5 Å². The van der Waals surface area contributed by atoms with Gasteiger partial charge in [0.2, 0.25) is 5.91 Å². The summed E-state index contributed by atoms with van der Waals surface area (Å²) in [6.07, 6.45) is 0.275. The SMILES string of the molecule is COc1ccccc1N(CCC#N)C(=O)CN1CCN(Cc2cccc(Cl)c2)CC1. The van der Waals surface area contributed by atoms with Gasteiger partial charge in [-0.15, -0.1) is 0 Å². The Bertz CT molecular complexity index is 891. The highest BCUT2D eigenvalue weighted by Gasteiger charge is 2.24. The van der Waals surface area contributed by atoms with Crippen molar-refractivity contribution in [2.45, 2.75) is 13.0 Å². The molecule has 1 fully saturated rings. The number of para-hydroxylation sites is 2. The van der Waals surface area contributed by atoms with E-state index in [1.165, 1.54) is 5.56 Å². The average molecular weight is 427 g/mol. The summed E-state index contributed by atoms with van der Waals surface area (Å²) in [6.45, 7) is 4.98. The Morgan fingerprint density at radius 3 is 2.57 bits per heavy atom. The van der Waals surface area contributed by atoms with E-state index in [9.17, 15) is 4.79 Å². The molecule has 3 rings (SSSR count). The van der Waals surface area contributed by atoms with E-state index in [-0.39, 0.29) is 12.3 Å². The fourth-order valence-corrected chi connectivity index (χ4v) is 3.88. The highest BCUT2D eigenvalue weighted by molar-refractivity contribution is 6.30. The number of anilines is 1. The van der Waals surface area contributed by atoms with Gasteiger partial charge in [0.15, 0.2) is 0 Å². The summed E-state index contributed by atoms with van der Waals surface area (Å²) >= 11 is 6.08. The molecule has 0 aliphatic carbocycles. The molecule has 158 valence electrons. The van der Waals surface area contributed by atoms with Crippen LogP contribution in [0.2, 0.25) is 5.02 Å². The molecule has 0 bridgehead atoms. The minimum absolute atomic E-state index is 0.0157. The van der Waals surface area contributed by atoms with Crippen LogP contribution in [0.3, 0.4) is 0 Å². The van der Waals surface area contributed by atoms with Gasteiger partial charge in [-0.3, -0.25) is 14.6 Å². The number of hydrogen-bond acceptors (Lipinski definition) is 5. The molecule has 0 aromatic heterocycles. The van der Waals surface area contributed by atoms with Crippen molar-refractivity contribution < 1.29 is 9.53 Å². The van der Waals surface area contributed by atoms with Crippen LogP contribution in [0, 0.1) is 11.3 Å². The fraction of sp³-hybridized carbons (Fsp3) is 0.391. The normalized spacial score (nSPS) is 14.8. The lowest BCUT2D eigenvalue weighted by molar-refractivity contribution is -0.120. The molecule has 1 aliphatic rings. The predicted molar refractivity (Wildman–Crippen MR) is 119 cm³/mol. The second-order valence-electron chi connectivity index (χ2n) is 7.31. The predicted octanol–water partition coefficient (Wildman–Crippen LogP) is 3.41. The molecule has 0 spiro atoms. The first-order chi connectivity index (χ1) is 14.6. The number of carbonyl (C=O) groups excluding carboxylic acids is 1. The van der Waals surface area contributed by atoms with Crippen molar-refractivity contribution in [3.05, 3.63) is 59.1 Å². The Balaban J connectivity index is 1.58. The number of nitriles is 1. The smallest absolute Gasteiger partial charge is 0.241 e. The van der Waals surface area contributed by atoms with E-state index in [2.05, 4.69) is 21.9 Å². The number of ether oxygens (including phenoxy) is 1. The van der Waals surface area contributed by atoms with Crippen molar-refractivity contribution >= 4 is 23.2 Å². The average Bonchev–Trinajstić information content (AvgIpc) is 2.76. The molecule has 0 N–H and O–H groups in total. The maximum atomic E-state index is 13.1. The third-order valence-electron chi connectivity index (χ3n) is 5.24. The van der Waals surface area contributed by atoms with Crippen LogP contribution in [0.4, 0.5) is 5.69 Å². The number of rotatable bonds is 8. The maximum Gasteiger partial charge on any atom is 0.241 e.